The Labute approximate surface area is 259 Å². The van der Waals surface area contributed by atoms with Crippen LogP contribution in [0.4, 0.5) is 5.69 Å². The monoisotopic (exact) mass is 605 g/mol. The van der Waals surface area contributed by atoms with Gasteiger partial charge in [0.1, 0.15) is 11.5 Å². The summed E-state index contributed by atoms with van der Waals surface area (Å²) in [6, 6.07) is 23.0. The molecular weight excluding hydrogens is 578 g/mol. The Hall–Kier alpha value is -4.88. The molecule has 0 bridgehead atoms. The van der Waals surface area contributed by atoms with Gasteiger partial charge in [0.15, 0.2) is 28.8 Å². The summed E-state index contributed by atoms with van der Waals surface area (Å²) in [5, 5.41) is 0.489. The van der Waals surface area contributed by atoms with Gasteiger partial charge in [-0.2, -0.15) is 0 Å². The average Bonchev–Trinajstić information content (AvgIpc) is 3.49. The maximum atomic E-state index is 14.9. The Balaban J connectivity index is 1.59. The molecule has 0 N–H and O–H groups in total. The van der Waals surface area contributed by atoms with E-state index >= 15 is 0 Å². The predicted molar refractivity (Wildman–Crippen MR) is 168 cm³/mol. The third-order valence-corrected chi connectivity index (χ3v) is 9.43. The van der Waals surface area contributed by atoms with E-state index in [-0.39, 0.29) is 17.3 Å². The highest BCUT2D eigenvalue weighted by atomic mass is 35.5. The van der Waals surface area contributed by atoms with E-state index in [0.29, 0.717) is 44.5 Å². The van der Waals surface area contributed by atoms with Crippen molar-refractivity contribution in [1.82, 2.24) is 0 Å². The number of hydrogen-bond donors (Lipinski definition) is 0. The predicted octanol–water partition coefficient (Wildman–Crippen LogP) is 6.68. The Kier molecular flexibility index (Phi) is 6.59. The zero-order valence-electron chi connectivity index (χ0n) is 24.2. The molecule has 44 heavy (non-hydrogen) atoms. The second-order valence-corrected chi connectivity index (χ2v) is 11.5. The number of halogens is 1. The number of para-hydroxylation sites is 1. The van der Waals surface area contributed by atoms with Crippen LogP contribution in [0, 0.1) is 5.41 Å². The number of ether oxygens (including phenoxy) is 3. The molecule has 1 fully saturated rings. The molecule has 0 amide bonds. The highest BCUT2D eigenvalue weighted by Crippen LogP contribution is 2.63. The standard InChI is InChI=1S/C36H28ClNO6/c1-42-27-18-17-25(32(43-2)33(27)44-3)29-30(31(39)21-12-15-22(37)16-13-21)38-26-11-7-4-8-20(26)14-19-28(38)36(29)34(40)23-9-5-6-10-24(23)35(36)41/h4-19,28-30H,1-3H3/t28-,29+,30+/m0/s1. The molecule has 2 aliphatic heterocycles. The maximum absolute atomic E-state index is 14.9. The fraction of sp³-hybridized carbons (Fsp3) is 0.194. The van der Waals surface area contributed by atoms with Crippen LogP contribution in [0.1, 0.15) is 48.1 Å². The highest BCUT2D eigenvalue weighted by molar-refractivity contribution is 6.32. The van der Waals surface area contributed by atoms with Crippen molar-refractivity contribution >= 4 is 40.7 Å². The Morgan fingerprint density at radius 1 is 0.773 bits per heavy atom. The van der Waals surface area contributed by atoms with Gasteiger partial charge in [0.05, 0.1) is 27.4 Å². The molecule has 0 aromatic heterocycles. The van der Waals surface area contributed by atoms with Gasteiger partial charge in [-0.05, 0) is 42.0 Å². The van der Waals surface area contributed by atoms with Crippen molar-refractivity contribution in [3.8, 4) is 17.2 Å². The van der Waals surface area contributed by atoms with Crippen molar-refractivity contribution < 1.29 is 28.6 Å². The Morgan fingerprint density at radius 3 is 2.05 bits per heavy atom. The lowest BCUT2D eigenvalue weighted by atomic mass is 9.64. The van der Waals surface area contributed by atoms with Crippen molar-refractivity contribution in [1.29, 1.82) is 0 Å². The van der Waals surface area contributed by atoms with Crippen LogP contribution < -0.4 is 19.1 Å². The van der Waals surface area contributed by atoms with Gasteiger partial charge in [-0.15, -0.1) is 0 Å². The molecule has 1 aliphatic carbocycles. The minimum absolute atomic E-state index is 0.257. The molecule has 8 heteroatoms. The summed E-state index contributed by atoms with van der Waals surface area (Å²) in [4.78, 5) is 46.6. The number of carbonyl (C=O) groups is 3. The zero-order chi connectivity index (χ0) is 30.7. The molecule has 1 spiro atoms. The van der Waals surface area contributed by atoms with Gasteiger partial charge in [-0.1, -0.05) is 72.3 Å². The lowest BCUT2D eigenvalue weighted by molar-refractivity contribution is 0.0664. The van der Waals surface area contributed by atoms with E-state index in [2.05, 4.69) is 0 Å². The van der Waals surface area contributed by atoms with E-state index < -0.39 is 23.4 Å². The lowest BCUT2D eigenvalue weighted by Crippen LogP contribution is -2.48. The van der Waals surface area contributed by atoms with Crippen molar-refractivity contribution in [3.05, 3.63) is 124 Å². The molecular formula is C36H28ClNO6. The average molecular weight is 606 g/mol. The quantitative estimate of drug-likeness (QED) is 0.179. The second kappa shape index (κ2) is 10.4. The molecule has 0 radical (unpaired) electrons. The van der Waals surface area contributed by atoms with Gasteiger partial charge in [0, 0.05) is 38.9 Å². The van der Waals surface area contributed by atoms with E-state index in [1.165, 1.54) is 21.3 Å². The number of nitrogens with zero attached hydrogens (tertiary/aromatic N) is 1. The fourth-order valence-corrected chi connectivity index (χ4v) is 7.54. The van der Waals surface area contributed by atoms with Gasteiger partial charge in [0.2, 0.25) is 5.75 Å². The zero-order valence-corrected chi connectivity index (χ0v) is 25.0. The van der Waals surface area contributed by atoms with E-state index in [9.17, 15) is 14.4 Å². The lowest BCUT2D eigenvalue weighted by Gasteiger charge is -2.37. The smallest absolute Gasteiger partial charge is 0.203 e. The third-order valence-electron chi connectivity index (χ3n) is 9.18. The summed E-state index contributed by atoms with van der Waals surface area (Å²) >= 11 is 6.21. The molecule has 0 unspecified atom stereocenters. The van der Waals surface area contributed by atoms with Gasteiger partial charge in [-0.3, -0.25) is 14.4 Å². The molecule has 220 valence electrons. The molecule has 7 nitrogen and oxygen atoms in total. The van der Waals surface area contributed by atoms with Crippen LogP contribution in [-0.2, 0) is 0 Å². The minimum Gasteiger partial charge on any atom is -0.493 e. The van der Waals surface area contributed by atoms with Gasteiger partial charge in [0.25, 0.3) is 0 Å². The summed E-state index contributed by atoms with van der Waals surface area (Å²) in [5.41, 5.74) is 1.53. The maximum Gasteiger partial charge on any atom is 0.203 e. The van der Waals surface area contributed by atoms with Gasteiger partial charge < -0.3 is 19.1 Å². The molecule has 3 atom stereocenters. The number of rotatable bonds is 6. The normalized spacial score (nSPS) is 20.7. The van der Waals surface area contributed by atoms with Crippen molar-refractivity contribution in [2.45, 2.75) is 18.0 Å². The first kappa shape index (κ1) is 27.9. The molecule has 1 saturated heterocycles. The van der Waals surface area contributed by atoms with Crippen LogP contribution in [0.2, 0.25) is 5.02 Å². The molecule has 2 heterocycles. The number of hydrogen-bond acceptors (Lipinski definition) is 7. The van der Waals surface area contributed by atoms with E-state index in [1.54, 1.807) is 60.7 Å². The van der Waals surface area contributed by atoms with Crippen LogP contribution in [0.25, 0.3) is 6.08 Å². The summed E-state index contributed by atoms with van der Waals surface area (Å²) in [6.07, 6.45) is 3.82. The van der Waals surface area contributed by atoms with Gasteiger partial charge >= 0.3 is 0 Å². The summed E-state index contributed by atoms with van der Waals surface area (Å²) < 4.78 is 17.3. The van der Waals surface area contributed by atoms with Gasteiger partial charge in [-0.25, -0.2) is 0 Å². The largest absolute Gasteiger partial charge is 0.493 e. The first-order valence-corrected chi connectivity index (χ1v) is 14.6. The van der Waals surface area contributed by atoms with E-state index in [1.807, 2.05) is 41.3 Å². The van der Waals surface area contributed by atoms with Crippen LogP contribution >= 0.6 is 11.6 Å². The topological polar surface area (TPSA) is 82.1 Å². The van der Waals surface area contributed by atoms with Crippen molar-refractivity contribution in [3.63, 3.8) is 0 Å². The molecule has 4 aromatic rings. The van der Waals surface area contributed by atoms with Crippen LogP contribution in [0.5, 0.6) is 17.2 Å². The number of ketones is 3. The number of methoxy groups -OCH3 is 3. The van der Waals surface area contributed by atoms with Crippen LogP contribution in [0.3, 0.4) is 0 Å². The molecule has 3 aliphatic rings. The van der Waals surface area contributed by atoms with Crippen LogP contribution in [-0.4, -0.2) is 50.8 Å². The number of fused-ring (bicyclic) bond motifs is 5. The SMILES string of the molecule is COc1ccc([C@@H]2[C@H](C(=O)c3ccc(Cl)cc3)N3c4ccccc4C=C[C@H]3C23C(=O)c2ccccc2C3=O)c(OC)c1OC. The van der Waals surface area contributed by atoms with E-state index in [0.717, 1.165) is 11.3 Å². The summed E-state index contributed by atoms with van der Waals surface area (Å²) in [7, 11) is 4.51. The molecule has 4 aromatic carbocycles. The second-order valence-electron chi connectivity index (χ2n) is 11.1. The fourth-order valence-electron chi connectivity index (χ4n) is 7.41. The number of Topliss-reactive ketones (excluding diaryl/α,β-unsaturated/α-hetero) is 3. The molecule has 0 saturated carbocycles. The number of anilines is 1. The van der Waals surface area contributed by atoms with Crippen molar-refractivity contribution in [2.75, 3.05) is 26.2 Å². The number of benzene rings is 4. The Morgan fingerprint density at radius 2 is 1.41 bits per heavy atom. The third kappa shape index (κ3) is 3.65. The molecule has 7 rings (SSSR count). The Bertz CT molecular complexity index is 1850. The van der Waals surface area contributed by atoms with Crippen molar-refractivity contribution in [2.24, 2.45) is 5.41 Å². The minimum atomic E-state index is -1.69. The van der Waals surface area contributed by atoms with Crippen LogP contribution in [0.15, 0.2) is 91.0 Å². The van der Waals surface area contributed by atoms with E-state index in [4.69, 9.17) is 25.8 Å². The summed E-state index contributed by atoms with van der Waals surface area (Å²) in [5.74, 6) is -0.886. The number of carbonyl (C=O) groups excluding carboxylic acids is 3. The highest BCUT2D eigenvalue weighted by Gasteiger charge is 2.72. The first-order chi connectivity index (χ1) is 21.4. The summed E-state index contributed by atoms with van der Waals surface area (Å²) in [6.45, 7) is 0. The first-order valence-electron chi connectivity index (χ1n) is 14.2.